The van der Waals surface area contributed by atoms with Crippen LogP contribution in [0.4, 0.5) is 0 Å². The molecule has 6 aromatic rings. The lowest BCUT2D eigenvalue weighted by Crippen LogP contribution is -1.96. The number of hydrogen-bond donors (Lipinski definition) is 0. The van der Waals surface area contributed by atoms with Gasteiger partial charge in [0.2, 0.25) is 0 Å². The molecular weight excluding hydrogens is 523 g/mol. The third-order valence-electron chi connectivity index (χ3n) is 5.62. The molecule has 0 amide bonds. The van der Waals surface area contributed by atoms with Crippen LogP contribution in [0.15, 0.2) is 103 Å². The van der Waals surface area contributed by atoms with Crippen LogP contribution < -0.4 is 0 Å². The van der Waals surface area contributed by atoms with Crippen molar-refractivity contribution in [2.45, 2.75) is 0 Å². The first-order valence-electron chi connectivity index (χ1n) is 10.4. The summed E-state index contributed by atoms with van der Waals surface area (Å²) in [4.78, 5) is 9.78. The van der Waals surface area contributed by atoms with Crippen LogP contribution in [0.3, 0.4) is 0 Å². The molecule has 0 atom stereocenters. The maximum atomic E-state index is 5.01. The smallest absolute Gasteiger partial charge is 0.160 e. The van der Waals surface area contributed by atoms with Gasteiger partial charge in [0.25, 0.3) is 0 Å². The van der Waals surface area contributed by atoms with E-state index in [2.05, 4.69) is 120 Å². The van der Waals surface area contributed by atoms with E-state index >= 15 is 0 Å². The van der Waals surface area contributed by atoms with Crippen molar-refractivity contribution in [1.82, 2.24) is 9.97 Å². The summed E-state index contributed by atoms with van der Waals surface area (Å²) < 4.78 is 3.50. The third-order valence-corrected chi connectivity index (χ3v) is 7.31. The number of thiophene rings is 1. The van der Waals surface area contributed by atoms with Crippen molar-refractivity contribution < 1.29 is 0 Å². The standard InChI is InChI=1S/C28H17IN2S/c29-27-17-24(21-11-5-4-10-20(21)18-8-2-1-3-9-18)30-28(31-27)19-14-15-23-22-12-6-7-13-25(22)32-26(23)16-19/h1-17H. The number of rotatable bonds is 3. The number of aromatic nitrogens is 2. The fourth-order valence-electron chi connectivity index (χ4n) is 4.13. The predicted molar refractivity (Wildman–Crippen MR) is 144 cm³/mol. The van der Waals surface area contributed by atoms with Crippen molar-refractivity contribution in [2.24, 2.45) is 0 Å². The Labute approximate surface area is 203 Å². The summed E-state index contributed by atoms with van der Waals surface area (Å²) in [6.07, 6.45) is 0. The number of halogens is 1. The highest BCUT2D eigenvalue weighted by atomic mass is 127. The van der Waals surface area contributed by atoms with Gasteiger partial charge in [-0.1, -0.05) is 84.9 Å². The van der Waals surface area contributed by atoms with Gasteiger partial charge in [0, 0.05) is 31.3 Å². The van der Waals surface area contributed by atoms with Crippen LogP contribution in [0.5, 0.6) is 0 Å². The molecule has 0 aliphatic rings. The average Bonchev–Trinajstić information content (AvgIpc) is 3.22. The van der Waals surface area contributed by atoms with Crippen LogP contribution in [0.25, 0.3) is 53.9 Å². The summed E-state index contributed by atoms with van der Waals surface area (Å²) in [5, 5.41) is 2.59. The predicted octanol–water partition coefficient (Wildman–Crippen LogP) is 8.45. The molecule has 4 aromatic carbocycles. The van der Waals surface area contributed by atoms with Crippen molar-refractivity contribution in [2.75, 3.05) is 0 Å². The minimum atomic E-state index is 0.758. The SMILES string of the molecule is Ic1cc(-c2ccccc2-c2ccccc2)nc(-c2ccc3c(c2)sc2ccccc23)n1. The molecule has 0 fully saturated rings. The zero-order chi connectivity index (χ0) is 21.5. The first-order chi connectivity index (χ1) is 15.8. The fraction of sp³-hybridized carbons (Fsp3) is 0. The van der Waals surface area contributed by atoms with Crippen molar-refractivity contribution in [3.05, 3.63) is 107 Å². The van der Waals surface area contributed by atoms with Gasteiger partial charge in [-0.05, 0) is 51.9 Å². The number of fused-ring (bicyclic) bond motifs is 3. The molecule has 152 valence electrons. The normalized spacial score (nSPS) is 11.3. The molecule has 2 nitrogen and oxygen atoms in total. The summed E-state index contributed by atoms with van der Waals surface area (Å²) in [7, 11) is 0. The Hall–Kier alpha value is -3.09. The Morgan fingerprint density at radius 2 is 1.28 bits per heavy atom. The van der Waals surface area contributed by atoms with Crippen molar-refractivity contribution >= 4 is 54.1 Å². The highest BCUT2D eigenvalue weighted by Gasteiger charge is 2.13. The largest absolute Gasteiger partial charge is 0.228 e. The quantitative estimate of drug-likeness (QED) is 0.166. The molecule has 0 unspecified atom stereocenters. The Balaban J connectivity index is 1.50. The summed E-state index contributed by atoms with van der Waals surface area (Å²) in [6, 6.07) is 36.1. The van der Waals surface area contributed by atoms with Gasteiger partial charge in [0.1, 0.15) is 3.70 Å². The minimum absolute atomic E-state index is 0.758. The molecule has 6 rings (SSSR count). The number of nitrogens with zero attached hydrogens (tertiary/aromatic N) is 2. The molecular formula is C28H17IN2S. The van der Waals surface area contributed by atoms with Crippen LogP contribution in [0, 0.1) is 3.70 Å². The van der Waals surface area contributed by atoms with E-state index in [4.69, 9.17) is 9.97 Å². The maximum absolute atomic E-state index is 5.01. The lowest BCUT2D eigenvalue weighted by molar-refractivity contribution is 1.15. The van der Waals surface area contributed by atoms with Crippen LogP contribution >= 0.6 is 33.9 Å². The van der Waals surface area contributed by atoms with Crippen LogP contribution in [-0.4, -0.2) is 9.97 Å². The Kier molecular flexibility index (Phi) is 4.97. The Bertz CT molecular complexity index is 1590. The van der Waals surface area contributed by atoms with E-state index in [1.807, 2.05) is 17.4 Å². The van der Waals surface area contributed by atoms with Gasteiger partial charge in [-0.2, -0.15) is 0 Å². The van der Waals surface area contributed by atoms with Gasteiger partial charge in [0.05, 0.1) is 5.69 Å². The Morgan fingerprint density at radius 1 is 0.562 bits per heavy atom. The first-order valence-corrected chi connectivity index (χ1v) is 12.3. The Morgan fingerprint density at radius 3 is 2.16 bits per heavy atom. The molecule has 2 aromatic heterocycles. The summed E-state index contributed by atoms with van der Waals surface area (Å²) in [5.74, 6) is 0.758. The zero-order valence-electron chi connectivity index (χ0n) is 17.0. The second-order valence-electron chi connectivity index (χ2n) is 7.62. The van der Waals surface area contributed by atoms with E-state index in [1.54, 1.807) is 0 Å². The van der Waals surface area contributed by atoms with E-state index in [0.29, 0.717) is 0 Å². The van der Waals surface area contributed by atoms with Crippen molar-refractivity contribution in [3.8, 4) is 33.8 Å². The van der Waals surface area contributed by atoms with Gasteiger partial charge in [-0.3, -0.25) is 0 Å². The molecule has 4 heteroatoms. The summed E-state index contributed by atoms with van der Waals surface area (Å²) >= 11 is 4.11. The third kappa shape index (κ3) is 3.49. The van der Waals surface area contributed by atoms with E-state index in [1.165, 1.54) is 31.3 Å². The molecule has 32 heavy (non-hydrogen) atoms. The van der Waals surface area contributed by atoms with Gasteiger partial charge in [0.15, 0.2) is 5.82 Å². The molecule has 0 radical (unpaired) electrons. The van der Waals surface area contributed by atoms with Crippen LogP contribution in [0.2, 0.25) is 0 Å². The van der Waals surface area contributed by atoms with E-state index < -0.39 is 0 Å². The van der Waals surface area contributed by atoms with Crippen LogP contribution in [0.1, 0.15) is 0 Å². The number of benzene rings is 4. The monoisotopic (exact) mass is 540 g/mol. The van der Waals surface area contributed by atoms with Crippen molar-refractivity contribution in [1.29, 1.82) is 0 Å². The molecule has 0 saturated heterocycles. The van der Waals surface area contributed by atoms with Gasteiger partial charge in [-0.15, -0.1) is 11.3 Å². The second-order valence-corrected chi connectivity index (χ2v) is 9.81. The van der Waals surface area contributed by atoms with E-state index in [9.17, 15) is 0 Å². The highest BCUT2D eigenvalue weighted by molar-refractivity contribution is 14.1. The molecule has 0 aliphatic heterocycles. The fourth-order valence-corrected chi connectivity index (χ4v) is 5.79. The molecule has 0 bridgehead atoms. The topological polar surface area (TPSA) is 25.8 Å². The minimum Gasteiger partial charge on any atom is -0.228 e. The van der Waals surface area contributed by atoms with Crippen LogP contribution in [-0.2, 0) is 0 Å². The van der Waals surface area contributed by atoms with Crippen molar-refractivity contribution in [3.63, 3.8) is 0 Å². The maximum Gasteiger partial charge on any atom is 0.160 e. The van der Waals surface area contributed by atoms with E-state index in [0.717, 1.165) is 26.3 Å². The lowest BCUT2D eigenvalue weighted by Gasteiger charge is -2.11. The average molecular weight is 540 g/mol. The molecule has 0 N–H and O–H groups in total. The lowest BCUT2D eigenvalue weighted by atomic mass is 9.97. The molecule has 0 saturated carbocycles. The summed E-state index contributed by atoms with van der Waals surface area (Å²) in [6.45, 7) is 0. The highest BCUT2D eigenvalue weighted by Crippen LogP contribution is 2.37. The molecule has 0 aliphatic carbocycles. The van der Waals surface area contributed by atoms with E-state index in [-0.39, 0.29) is 0 Å². The van der Waals surface area contributed by atoms with Gasteiger partial charge >= 0.3 is 0 Å². The summed E-state index contributed by atoms with van der Waals surface area (Å²) in [5.41, 5.74) is 5.46. The number of hydrogen-bond acceptors (Lipinski definition) is 3. The molecule has 2 heterocycles. The van der Waals surface area contributed by atoms with Gasteiger partial charge < -0.3 is 0 Å². The molecule has 0 spiro atoms. The zero-order valence-corrected chi connectivity index (χ0v) is 20.0. The second kappa shape index (κ2) is 8.11. The van der Waals surface area contributed by atoms with Gasteiger partial charge in [-0.25, -0.2) is 9.97 Å². The first kappa shape index (κ1) is 19.6.